The van der Waals surface area contributed by atoms with Gasteiger partial charge in [0.2, 0.25) is 11.8 Å². The number of anilines is 2. The van der Waals surface area contributed by atoms with Gasteiger partial charge in [0.1, 0.15) is 11.8 Å². The highest BCUT2D eigenvalue weighted by Gasteiger charge is 2.72. The molecule has 248 valence electrons. The summed E-state index contributed by atoms with van der Waals surface area (Å²) in [5, 5.41) is 12.7. The summed E-state index contributed by atoms with van der Waals surface area (Å²) >= 11 is 1.53. The van der Waals surface area contributed by atoms with Crippen LogP contribution in [0.2, 0.25) is 0 Å². The first kappa shape index (κ1) is 31.4. The van der Waals surface area contributed by atoms with Crippen molar-refractivity contribution in [1.29, 1.82) is 0 Å². The minimum Gasteiger partial charge on any atom is -0.494 e. The summed E-state index contributed by atoms with van der Waals surface area (Å²) < 4.78 is 4.60. The predicted molar refractivity (Wildman–Crippen MR) is 193 cm³/mol. The van der Waals surface area contributed by atoms with E-state index in [-0.39, 0.29) is 29.6 Å². The van der Waals surface area contributed by atoms with Crippen molar-refractivity contribution in [2.45, 2.75) is 29.0 Å². The second-order valence-corrected chi connectivity index (χ2v) is 14.4. The number of hydrogen-bond acceptors (Lipinski definition) is 6. The van der Waals surface area contributed by atoms with Gasteiger partial charge in [-0.15, -0.1) is 11.8 Å². The molecule has 3 amide bonds. The van der Waals surface area contributed by atoms with E-state index in [0.717, 1.165) is 33.5 Å². The Kier molecular flexibility index (Phi) is 8.04. The molecule has 4 aliphatic rings. The van der Waals surface area contributed by atoms with Gasteiger partial charge in [0.25, 0.3) is 5.91 Å². The van der Waals surface area contributed by atoms with Crippen molar-refractivity contribution in [2.75, 3.05) is 36.1 Å². The van der Waals surface area contributed by atoms with Crippen LogP contribution in [0.3, 0.4) is 0 Å². The average Bonchev–Trinajstić information content (AvgIpc) is 3.44. The molecule has 0 radical (unpaired) electrons. The Bertz CT molecular complexity index is 1980. The van der Waals surface area contributed by atoms with Crippen LogP contribution < -0.4 is 14.5 Å². The molecule has 2 saturated heterocycles. The van der Waals surface area contributed by atoms with Gasteiger partial charge in [-0.3, -0.25) is 14.4 Å². The van der Waals surface area contributed by atoms with Crippen LogP contribution in [0.5, 0.6) is 5.75 Å². The van der Waals surface area contributed by atoms with Crippen molar-refractivity contribution in [2.24, 2.45) is 11.8 Å². The highest BCUT2D eigenvalue weighted by atomic mass is 32.2. The van der Waals surface area contributed by atoms with Crippen molar-refractivity contribution in [1.82, 2.24) is 4.90 Å². The van der Waals surface area contributed by atoms with E-state index in [9.17, 15) is 9.90 Å². The SMILES string of the molecule is CCOc1ccc(N2CC=C[C@@H]3S[C@]45C=CCN(c6ccc7ccccc7c6)C(=O)C4N([C@H](CO)c4ccccc4)C(=O)[C@@H]5[C@@H]3C2=O)cc1. The van der Waals surface area contributed by atoms with Crippen LogP contribution in [0.1, 0.15) is 18.5 Å². The molecular formula is C40H37N3O5S. The Hall–Kier alpha value is -4.86. The van der Waals surface area contributed by atoms with Crippen molar-refractivity contribution in [3.63, 3.8) is 0 Å². The Morgan fingerprint density at radius 3 is 2.27 bits per heavy atom. The molecule has 49 heavy (non-hydrogen) atoms. The lowest BCUT2D eigenvalue weighted by Crippen LogP contribution is -2.54. The number of aliphatic hydroxyl groups is 1. The van der Waals surface area contributed by atoms with Gasteiger partial charge < -0.3 is 24.5 Å². The second-order valence-electron chi connectivity index (χ2n) is 12.9. The summed E-state index contributed by atoms with van der Waals surface area (Å²) in [5.74, 6) is -1.48. The first-order valence-corrected chi connectivity index (χ1v) is 17.7. The molecule has 4 aromatic carbocycles. The molecular weight excluding hydrogens is 635 g/mol. The van der Waals surface area contributed by atoms with Crippen LogP contribution in [0.15, 0.2) is 121 Å². The van der Waals surface area contributed by atoms with Gasteiger partial charge in [0.15, 0.2) is 0 Å². The van der Waals surface area contributed by atoms with Crippen molar-refractivity contribution >= 4 is 51.6 Å². The average molecular weight is 672 g/mol. The number of aliphatic hydroxyl groups excluding tert-OH is 1. The largest absolute Gasteiger partial charge is 0.494 e. The minimum absolute atomic E-state index is 0.153. The summed E-state index contributed by atoms with van der Waals surface area (Å²) in [6, 6.07) is 29.0. The Balaban J connectivity index is 1.23. The molecule has 8 nitrogen and oxygen atoms in total. The third kappa shape index (κ3) is 5.06. The number of benzene rings is 4. The van der Waals surface area contributed by atoms with E-state index in [1.54, 1.807) is 14.7 Å². The quantitative estimate of drug-likeness (QED) is 0.251. The molecule has 0 aliphatic carbocycles. The highest BCUT2D eigenvalue weighted by Crippen LogP contribution is 2.62. The summed E-state index contributed by atoms with van der Waals surface area (Å²) in [7, 11) is 0. The number of carbonyl (C=O) groups is 3. The molecule has 0 saturated carbocycles. The van der Waals surface area contributed by atoms with Crippen LogP contribution in [-0.2, 0) is 14.4 Å². The number of rotatable bonds is 7. The Morgan fingerprint density at radius 1 is 0.816 bits per heavy atom. The van der Waals surface area contributed by atoms with E-state index >= 15 is 9.59 Å². The maximum absolute atomic E-state index is 15.1. The van der Waals surface area contributed by atoms with Gasteiger partial charge in [0.05, 0.1) is 35.8 Å². The molecule has 9 heteroatoms. The van der Waals surface area contributed by atoms with E-state index in [2.05, 4.69) is 0 Å². The van der Waals surface area contributed by atoms with Gasteiger partial charge in [-0.2, -0.15) is 0 Å². The fourth-order valence-electron chi connectivity index (χ4n) is 8.14. The van der Waals surface area contributed by atoms with Crippen LogP contribution in [-0.4, -0.2) is 70.1 Å². The summed E-state index contributed by atoms with van der Waals surface area (Å²) in [6.07, 6.45) is 8.02. The predicted octanol–water partition coefficient (Wildman–Crippen LogP) is 5.78. The van der Waals surface area contributed by atoms with Crippen LogP contribution in [0, 0.1) is 11.8 Å². The van der Waals surface area contributed by atoms with Crippen LogP contribution in [0.25, 0.3) is 10.8 Å². The lowest BCUT2D eigenvalue weighted by atomic mass is 9.78. The number of likely N-dealkylation sites (tertiary alicyclic amines) is 1. The van der Waals surface area contributed by atoms with E-state index in [1.807, 2.05) is 128 Å². The van der Waals surface area contributed by atoms with E-state index in [4.69, 9.17) is 4.74 Å². The topological polar surface area (TPSA) is 90.4 Å². The molecule has 1 N–H and O–H groups in total. The summed E-state index contributed by atoms with van der Waals surface area (Å²) in [5.41, 5.74) is 2.18. The van der Waals surface area contributed by atoms with Gasteiger partial charge in [-0.1, -0.05) is 85.0 Å². The number of thioether (sulfide) groups is 1. The maximum Gasteiger partial charge on any atom is 0.251 e. The lowest BCUT2D eigenvalue weighted by molar-refractivity contribution is -0.141. The second kappa shape index (κ2) is 12.5. The molecule has 8 rings (SSSR count). The monoisotopic (exact) mass is 671 g/mol. The number of nitrogens with zero attached hydrogens (tertiary/aromatic N) is 3. The Labute approximate surface area is 289 Å². The van der Waals surface area contributed by atoms with Crippen molar-refractivity contribution in [3.8, 4) is 5.75 Å². The number of amides is 3. The number of hydrogen-bond donors (Lipinski definition) is 1. The fraction of sp³-hybridized carbons (Fsp3) is 0.275. The molecule has 2 fully saturated rings. The third-order valence-corrected chi connectivity index (χ3v) is 12.0. The highest BCUT2D eigenvalue weighted by molar-refractivity contribution is 8.02. The molecule has 1 spiro atoms. The molecule has 0 aromatic heterocycles. The minimum atomic E-state index is -1.03. The zero-order valence-corrected chi connectivity index (χ0v) is 27.9. The fourth-order valence-corrected chi connectivity index (χ4v) is 10.1. The van der Waals surface area contributed by atoms with Gasteiger partial charge in [0, 0.05) is 29.7 Å². The molecule has 4 heterocycles. The zero-order valence-electron chi connectivity index (χ0n) is 27.1. The van der Waals surface area contributed by atoms with E-state index < -0.39 is 28.7 Å². The Morgan fingerprint density at radius 2 is 1.51 bits per heavy atom. The van der Waals surface area contributed by atoms with Crippen molar-refractivity contribution < 1.29 is 24.2 Å². The van der Waals surface area contributed by atoms with Gasteiger partial charge >= 0.3 is 0 Å². The molecule has 4 aliphatic heterocycles. The summed E-state index contributed by atoms with van der Waals surface area (Å²) in [6.45, 7) is 2.78. The number of fused-ring (bicyclic) bond motifs is 3. The standard InChI is InChI=1S/C40H37N3O5S/c1-2-48-31-19-17-29(18-20-31)41-22-8-14-33-34(37(41)45)35-38(46)43(32(25-44)27-11-4-3-5-12-27)36-39(47)42(23-9-21-40(35,36)49-33)30-16-15-26-10-6-7-13-28(26)24-30/h3-21,24,32-36,44H,2,22-23,25H2,1H3/t32-,33+,34-,35+,36?,40+/m1/s1. The maximum atomic E-state index is 15.1. The molecule has 1 unspecified atom stereocenters. The normalized spacial score (nSPS) is 26.7. The van der Waals surface area contributed by atoms with E-state index in [0.29, 0.717) is 19.7 Å². The lowest BCUT2D eigenvalue weighted by Gasteiger charge is -2.38. The first-order chi connectivity index (χ1) is 23.9. The third-order valence-electron chi connectivity index (χ3n) is 10.3. The zero-order chi connectivity index (χ0) is 33.7. The van der Waals surface area contributed by atoms with Crippen LogP contribution in [0.4, 0.5) is 11.4 Å². The molecule has 4 aromatic rings. The van der Waals surface area contributed by atoms with Crippen molar-refractivity contribution in [3.05, 3.63) is 127 Å². The van der Waals surface area contributed by atoms with Gasteiger partial charge in [-0.25, -0.2) is 0 Å². The number of ether oxygens (including phenoxy) is 1. The molecule has 0 bridgehead atoms. The molecule has 6 atom stereocenters. The smallest absolute Gasteiger partial charge is 0.251 e. The number of carbonyl (C=O) groups excluding carboxylic acids is 3. The van der Waals surface area contributed by atoms with Crippen LogP contribution >= 0.6 is 11.8 Å². The summed E-state index contributed by atoms with van der Waals surface area (Å²) in [4.78, 5) is 49.9. The first-order valence-electron chi connectivity index (χ1n) is 16.8. The van der Waals surface area contributed by atoms with Gasteiger partial charge in [-0.05, 0) is 59.7 Å². The van der Waals surface area contributed by atoms with E-state index in [1.165, 1.54) is 11.8 Å².